The molecule has 0 radical (unpaired) electrons. The Kier molecular flexibility index (Phi) is 4.65. The summed E-state index contributed by atoms with van der Waals surface area (Å²) in [5.74, 6) is -0.581. The number of nitrogens with two attached hydrogens (primary N) is 1. The first-order chi connectivity index (χ1) is 7.54. The highest BCUT2D eigenvalue weighted by Crippen LogP contribution is 2.22. The average molecular weight is 260 g/mol. The van der Waals surface area contributed by atoms with Crippen molar-refractivity contribution in [2.24, 2.45) is 0 Å². The van der Waals surface area contributed by atoms with E-state index in [1.165, 1.54) is 6.08 Å². The lowest BCUT2D eigenvalue weighted by molar-refractivity contribution is -0.137. The molecule has 0 atom stereocenters. The normalized spacial score (nSPS) is 11.3. The number of esters is 1. The number of anilines is 1. The van der Waals surface area contributed by atoms with E-state index in [2.05, 4.69) is 0 Å². The number of benzene rings is 1. The van der Waals surface area contributed by atoms with Crippen LogP contribution in [0, 0.1) is 0 Å². The molecule has 0 saturated carbocycles. The Morgan fingerprint density at radius 1 is 1.56 bits per heavy atom. The molecule has 86 valence electrons. The number of hydrogen-bond donors (Lipinski definition) is 1. The molecule has 0 aliphatic heterocycles. The molecule has 0 fully saturated rings. The van der Waals surface area contributed by atoms with Crippen LogP contribution in [0.15, 0.2) is 23.2 Å². The van der Waals surface area contributed by atoms with Gasteiger partial charge in [0, 0.05) is 10.7 Å². The summed E-state index contributed by atoms with van der Waals surface area (Å²) in [5, 5.41) is 0.436. The second kappa shape index (κ2) is 5.77. The second-order valence-corrected chi connectivity index (χ2v) is 3.81. The van der Waals surface area contributed by atoms with E-state index in [0.717, 1.165) is 0 Å². The summed E-state index contributed by atoms with van der Waals surface area (Å²) < 4.78 is 4.73. The molecular formula is C11H11Cl2NO2. The van der Waals surface area contributed by atoms with Crippen molar-refractivity contribution < 1.29 is 9.53 Å². The van der Waals surface area contributed by atoms with E-state index >= 15 is 0 Å². The van der Waals surface area contributed by atoms with Crippen LogP contribution in [0.1, 0.15) is 12.5 Å². The van der Waals surface area contributed by atoms with E-state index in [1.54, 1.807) is 25.1 Å². The molecule has 0 saturated heterocycles. The quantitative estimate of drug-likeness (QED) is 0.516. The Labute approximate surface area is 104 Å². The van der Waals surface area contributed by atoms with Gasteiger partial charge in [0.1, 0.15) is 5.03 Å². The fourth-order valence-electron chi connectivity index (χ4n) is 1.07. The molecule has 5 heteroatoms. The number of ether oxygens (including phenoxy) is 1. The van der Waals surface area contributed by atoms with Gasteiger partial charge >= 0.3 is 5.97 Å². The van der Waals surface area contributed by atoms with Crippen molar-refractivity contribution in [1.29, 1.82) is 0 Å². The molecule has 1 rings (SSSR count). The van der Waals surface area contributed by atoms with Gasteiger partial charge in [0.15, 0.2) is 0 Å². The van der Waals surface area contributed by atoms with Crippen molar-refractivity contribution in [2.75, 3.05) is 12.3 Å². The summed E-state index contributed by atoms with van der Waals surface area (Å²) in [5.41, 5.74) is 6.72. The third kappa shape index (κ3) is 3.43. The van der Waals surface area contributed by atoms with Crippen molar-refractivity contribution in [2.45, 2.75) is 6.92 Å². The van der Waals surface area contributed by atoms with Crippen molar-refractivity contribution in [3.8, 4) is 0 Å². The summed E-state index contributed by atoms with van der Waals surface area (Å²) in [7, 11) is 0. The van der Waals surface area contributed by atoms with Gasteiger partial charge in [0.2, 0.25) is 0 Å². The van der Waals surface area contributed by atoms with Crippen LogP contribution in [-0.2, 0) is 9.53 Å². The van der Waals surface area contributed by atoms with Gasteiger partial charge < -0.3 is 10.5 Å². The number of nitrogen functional groups attached to an aromatic ring is 1. The molecule has 2 N–H and O–H groups in total. The lowest BCUT2D eigenvalue weighted by atomic mass is 10.2. The van der Waals surface area contributed by atoms with Crippen LogP contribution in [0.5, 0.6) is 0 Å². The molecule has 0 amide bonds. The largest absolute Gasteiger partial charge is 0.462 e. The van der Waals surface area contributed by atoms with E-state index < -0.39 is 5.97 Å². The maximum absolute atomic E-state index is 11.2. The van der Waals surface area contributed by atoms with Gasteiger partial charge in [-0.05, 0) is 36.8 Å². The third-order valence-corrected chi connectivity index (χ3v) is 2.38. The number of halogens is 2. The molecule has 3 nitrogen and oxygen atoms in total. The van der Waals surface area contributed by atoms with Gasteiger partial charge in [-0.2, -0.15) is 0 Å². The first-order valence-corrected chi connectivity index (χ1v) is 5.39. The number of carbonyl (C=O) groups excluding carboxylic acids is 1. The molecule has 1 aromatic rings. The zero-order valence-corrected chi connectivity index (χ0v) is 10.2. The molecule has 0 aliphatic carbocycles. The molecule has 0 spiro atoms. The standard InChI is InChI=1S/C11H11Cl2NO2/c1-2-16-11(15)10(13)6-7-5-8(14)3-4-9(7)12/h3-6H,2,14H2,1H3. The minimum atomic E-state index is -0.581. The Morgan fingerprint density at radius 2 is 2.25 bits per heavy atom. The van der Waals surface area contributed by atoms with E-state index in [1.807, 2.05) is 0 Å². The van der Waals surface area contributed by atoms with Crippen LogP contribution in [0.25, 0.3) is 6.08 Å². The van der Waals surface area contributed by atoms with Gasteiger partial charge in [-0.1, -0.05) is 23.2 Å². The first kappa shape index (κ1) is 12.9. The highest BCUT2D eigenvalue weighted by molar-refractivity contribution is 6.43. The summed E-state index contributed by atoms with van der Waals surface area (Å²) in [6.45, 7) is 1.98. The number of rotatable bonds is 3. The van der Waals surface area contributed by atoms with Crippen LogP contribution in [0.2, 0.25) is 5.02 Å². The smallest absolute Gasteiger partial charge is 0.349 e. The van der Waals surface area contributed by atoms with Gasteiger partial charge in [-0.3, -0.25) is 0 Å². The summed E-state index contributed by atoms with van der Waals surface area (Å²) >= 11 is 11.7. The van der Waals surface area contributed by atoms with Crippen molar-refractivity contribution in [3.05, 3.63) is 33.8 Å². The van der Waals surface area contributed by atoms with E-state index in [9.17, 15) is 4.79 Å². The molecule has 16 heavy (non-hydrogen) atoms. The minimum absolute atomic E-state index is 0.0330. The van der Waals surface area contributed by atoms with Gasteiger partial charge in [-0.15, -0.1) is 0 Å². The van der Waals surface area contributed by atoms with E-state index in [0.29, 0.717) is 16.3 Å². The fourth-order valence-corrected chi connectivity index (χ4v) is 1.41. The molecule has 0 aliphatic rings. The SMILES string of the molecule is CCOC(=O)C(Cl)=Cc1cc(N)ccc1Cl. The summed E-state index contributed by atoms with van der Waals surface area (Å²) in [4.78, 5) is 11.2. The Balaban J connectivity index is 2.97. The van der Waals surface area contributed by atoms with Crippen LogP contribution in [0.3, 0.4) is 0 Å². The molecule has 0 unspecified atom stereocenters. The van der Waals surface area contributed by atoms with Crippen LogP contribution < -0.4 is 5.73 Å². The molecule has 0 bridgehead atoms. The molecule has 1 aromatic carbocycles. The Hall–Kier alpha value is -1.19. The van der Waals surface area contributed by atoms with Crippen molar-refractivity contribution in [1.82, 2.24) is 0 Å². The van der Waals surface area contributed by atoms with Crippen molar-refractivity contribution >= 4 is 40.9 Å². The van der Waals surface area contributed by atoms with Crippen molar-refractivity contribution in [3.63, 3.8) is 0 Å². The van der Waals surface area contributed by atoms with Gasteiger partial charge in [0.05, 0.1) is 6.61 Å². The minimum Gasteiger partial charge on any atom is -0.462 e. The maximum atomic E-state index is 11.2. The maximum Gasteiger partial charge on any atom is 0.349 e. The first-order valence-electron chi connectivity index (χ1n) is 4.64. The summed E-state index contributed by atoms with van der Waals surface area (Å²) in [6, 6.07) is 4.93. The summed E-state index contributed by atoms with van der Waals surface area (Å²) in [6.07, 6.45) is 1.43. The molecular weight excluding hydrogens is 249 g/mol. The molecule has 0 heterocycles. The Morgan fingerprint density at radius 3 is 2.88 bits per heavy atom. The predicted molar refractivity (Wildman–Crippen MR) is 66.3 cm³/mol. The zero-order chi connectivity index (χ0) is 12.1. The molecule has 0 aromatic heterocycles. The Bertz CT molecular complexity index is 430. The van der Waals surface area contributed by atoms with Gasteiger partial charge in [-0.25, -0.2) is 4.79 Å². The predicted octanol–water partition coefficient (Wildman–Crippen LogP) is 3.07. The van der Waals surface area contributed by atoms with E-state index in [4.69, 9.17) is 33.7 Å². The van der Waals surface area contributed by atoms with E-state index in [-0.39, 0.29) is 11.6 Å². The van der Waals surface area contributed by atoms with Crippen LogP contribution >= 0.6 is 23.2 Å². The lowest BCUT2D eigenvalue weighted by Crippen LogP contribution is -2.03. The topological polar surface area (TPSA) is 52.3 Å². The number of carbonyl (C=O) groups is 1. The average Bonchev–Trinajstić information content (AvgIpc) is 2.23. The third-order valence-electron chi connectivity index (χ3n) is 1.77. The number of hydrogen-bond acceptors (Lipinski definition) is 3. The zero-order valence-electron chi connectivity index (χ0n) is 8.67. The van der Waals surface area contributed by atoms with Crippen LogP contribution in [-0.4, -0.2) is 12.6 Å². The highest BCUT2D eigenvalue weighted by Gasteiger charge is 2.08. The van der Waals surface area contributed by atoms with Crippen LogP contribution in [0.4, 0.5) is 5.69 Å². The highest BCUT2D eigenvalue weighted by atomic mass is 35.5. The monoisotopic (exact) mass is 259 g/mol. The lowest BCUT2D eigenvalue weighted by Gasteiger charge is -2.02. The fraction of sp³-hybridized carbons (Fsp3) is 0.182. The second-order valence-electron chi connectivity index (χ2n) is 2.99. The van der Waals surface area contributed by atoms with Gasteiger partial charge in [0.25, 0.3) is 0 Å².